The maximum absolute atomic E-state index is 13.4. The molecule has 2 heterocycles. The minimum atomic E-state index is -0.532. The third-order valence-corrected chi connectivity index (χ3v) is 6.89. The summed E-state index contributed by atoms with van der Waals surface area (Å²) in [7, 11) is 0. The molecular weight excluding hydrogens is 416 g/mol. The van der Waals surface area contributed by atoms with Gasteiger partial charge in [0.2, 0.25) is 0 Å². The van der Waals surface area contributed by atoms with Gasteiger partial charge in [-0.05, 0) is 54.4 Å². The van der Waals surface area contributed by atoms with E-state index in [4.69, 9.17) is 9.72 Å². The second-order valence-electron chi connectivity index (χ2n) is 9.88. The lowest BCUT2D eigenvalue weighted by Crippen LogP contribution is -2.34. The van der Waals surface area contributed by atoms with E-state index < -0.39 is 24.5 Å². The highest BCUT2D eigenvalue weighted by Crippen LogP contribution is 2.39. The number of carbonyl (C=O) groups is 3. The van der Waals surface area contributed by atoms with Crippen molar-refractivity contribution in [2.75, 3.05) is 6.73 Å². The summed E-state index contributed by atoms with van der Waals surface area (Å²) in [6.45, 7) is 6.24. The molecule has 33 heavy (non-hydrogen) atoms. The zero-order valence-corrected chi connectivity index (χ0v) is 19.1. The molecule has 0 radical (unpaired) electrons. The average molecular weight is 443 g/mol. The van der Waals surface area contributed by atoms with Crippen molar-refractivity contribution in [2.24, 2.45) is 11.3 Å². The number of aromatic nitrogens is 1. The van der Waals surface area contributed by atoms with Crippen molar-refractivity contribution in [1.29, 1.82) is 0 Å². The third-order valence-electron chi connectivity index (χ3n) is 6.89. The van der Waals surface area contributed by atoms with Crippen LogP contribution in [-0.4, -0.2) is 34.4 Å². The van der Waals surface area contributed by atoms with E-state index in [9.17, 15) is 14.4 Å². The Morgan fingerprint density at radius 1 is 1.03 bits per heavy atom. The Kier molecular flexibility index (Phi) is 5.04. The summed E-state index contributed by atoms with van der Waals surface area (Å²) in [5, 5.41) is 0.734. The quantitative estimate of drug-likeness (QED) is 0.430. The van der Waals surface area contributed by atoms with E-state index in [0.717, 1.165) is 46.3 Å². The molecular formula is C27H26N2O4. The van der Waals surface area contributed by atoms with E-state index in [0.29, 0.717) is 22.6 Å². The predicted octanol–water partition coefficient (Wildman–Crippen LogP) is 4.80. The molecule has 168 valence electrons. The second-order valence-corrected chi connectivity index (χ2v) is 9.88. The van der Waals surface area contributed by atoms with Crippen LogP contribution < -0.4 is 0 Å². The number of amides is 2. The molecule has 1 unspecified atom stereocenters. The lowest BCUT2D eigenvalue weighted by molar-refractivity contribution is 0.0228. The molecule has 2 aliphatic rings. The standard InChI is InChI=1S/C27H26N2O4/c1-27(2,3)16-12-13-22-20(14-16)23(19-10-6-7-11-21(19)28-22)26(32)33-15-29-24(30)17-8-4-5-9-18(17)25(29)31/h4-11,16H,12-15H2,1-3H3. The Morgan fingerprint density at radius 3 is 2.33 bits per heavy atom. The Bertz CT molecular complexity index is 1270. The summed E-state index contributed by atoms with van der Waals surface area (Å²) in [4.78, 5) is 44.6. The molecule has 1 aliphatic carbocycles. The number of benzene rings is 2. The summed E-state index contributed by atoms with van der Waals surface area (Å²) in [6, 6.07) is 14.2. The molecule has 5 rings (SSSR count). The SMILES string of the molecule is CC(C)(C)C1CCc2nc3ccccc3c(C(=O)OCN3C(=O)c4ccccc4C3=O)c2C1. The Labute approximate surface area is 192 Å². The highest BCUT2D eigenvalue weighted by molar-refractivity contribution is 6.21. The summed E-state index contributed by atoms with van der Waals surface area (Å²) in [5.74, 6) is -1.01. The first kappa shape index (κ1) is 21.3. The van der Waals surface area contributed by atoms with Crippen LogP contribution in [-0.2, 0) is 17.6 Å². The van der Waals surface area contributed by atoms with Crippen molar-refractivity contribution in [2.45, 2.75) is 40.0 Å². The fraction of sp³-hybridized carbons (Fsp3) is 0.333. The van der Waals surface area contributed by atoms with Gasteiger partial charge in [0.15, 0.2) is 6.73 Å². The van der Waals surface area contributed by atoms with Crippen molar-refractivity contribution in [1.82, 2.24) is 9.88 Å². The fourth-order valence-electron chi connectivity index (χ4n) is 4.91. The minimum Gasteiger partial charge on any atom is -0.440 e. The van der Waals surface area contributed by atoms with Gasteiger partial charge in [-0.2, -0.15) is 0 Å². The maximum atomic E-state index is 13.4. The third kappa shape index (κ3) is 3.59. The number of imide groups is 1. The van der Waals surface area contributed by atoms with Crippen LogP contribution in [0, 0.1) is 11.3 Å². The lowest BCUT2D eigenvalue weighted by Gasteiger charge is -2.35. The van der Waals surface area contributed by atoms with Crippen LogP contribution in [0.5, 0.6) is 0 Å². The van der Waals surface area contributed by atoms with Crippen molar-refractivity contribution in [3.8, 4) is 0 Å². The van der Waals surface area contributed by atoms with Crippen LogP contribution in [0.1, 0.15) is 69.5 Å². The van der Waals surface area contributed by atoms with Crippen molar-refractivity contribution in [3.05, 3.63) is 76.5 Å². The van der Waals surface area contributed by atoms with Gasteiger partial charge in [0, 0.05) is 11.1 Å². The normalized spacial score (nSPS) is 17.8. The van der Waals surface area contributed by atoms with Crippen LogP contribution in [0.3, 0.4) is 0 Å². The Morgan fingerprint density at radius 2 is 1.67 bits per heavy atom. The van der Waals surface area contributed by atoms with Crippen LogP contribution in [0.25, 0.3) is 10.9 Å². The summed E-state index contributed by atoms with van der Waals surface area (Å²) >= 11 is 0. The van der Waals surface area contributed by atoms with Gasteiger partial charge in [-0.25, -0.2) is 9.69 Å². The topological polar surface area (TPSA) is 76.6 Å². The highest BCUT2D eigenvalue weighted by atomic mass is 16.5. The van der Waals surface area contributed by atoms with Gasteiger partial charge >= 0.3 is 5.97 Å². The number of esters is 1. The Hall–Kier alpha value is -3.54. The van der Waals surface area contributed by atoms with Crippen LogP contribution >= 0.6 is 0 Å². The number of pyridine rings is 1. The predicted molar refractivity (Wildman–Crippen MR) is 124 cm³/mol. The molecule has 0 saturated heterocycles. The number of fused-ring (bicyclic) bond motifs is 3. The molecule has 2 amide bonds. The van der Waals surface area contributed by atoms with Gasteiger partial charge in [0.05, 0.1) is 22.2 Å². The molecule has 0 bridgehead atoms. The molecule has 2 aromatic carbocycles. The van der Waals surface area contributed by atoms with Gasteiger partial charge in [-0.15, -0.1) is 0 Å². The number of carbonyl (C=O) groups excluding carboxylic acids is 3. The number of hydrogen-bond donors (Lipinski definition) is 0. The minimum absolute atomic E-state index is 0.102. The number of nitrogens with zero attached hydrogens (tertiary/aromatic N) is 2. The van der Waals surface area contributed by atoms with Gasteiger partial charge in [0.1, 0.15) is 0 Å². The number of rotatable bonds is 3. The number of aryl methyl sites for hydroxylation is 1. The van der Waals surface area contributed by atoms with Gasteiger partial charge in [-0.1, -0.05) is 51.1 Å². The zero-order chi connectivity index (χ0) is 23.3. The number of hydrogen-bond acceptors (Lipinski definition) is 5. The van der Waals surface area contributed by atoms with E-state index in [1.54, 1.807) is 24.3 Å². The molecule has 0 N–H and O–H groups in total. The van der Waals surface area contributed by atoms with Gasteiger partial charge in [-0.3, -0.25) is 14.6 Å². The van der Waals surface area contributed by atoms with Gasteiger partial charge in [0.25, 0.3) is 11.8 Å². The monoisotopic (exact) mass is 442 g/mol. The first-order chi connectivity index (χ1) is 15.8. The van der Waals surface area contributed by atoms with Crippen molar-refractivity contribution >= 4 is 28.7 Å². The van der Waals surface area contributed by atoms with E-state index in [2.05, 4.69) is 20.8 Å². The molecule has 0 saturated carbocycles. The molecule has 0 fully saturated rings. The summed E-state index contributed by atoms with van der Waals surface area (Å²) in [5.41, 5.74) is 3.87. The molecule has 6 heteroatoms. The molecule has 1 atom stereocenters. The first-order valence-electron chi connectivity index (χ1n) is 11.3. The Balaban J connectivity index is 1.48. The van der Waals surface area contributed by atoms with Crippen molar-refractivity contribution < 1.29 is 19.1 Å². The van der Waals surface area contributed by atoms with Crippen LogP contribution in [0.2, 0.25) is 0 Å². The summed E-state index contributed by atoms with van der Waals surface area (Å²) < 4.78 is 5.60. The highest BCUT2D eigenvalue weighted by Gasteiger charge is 2.37. The first-order valence-corrected chi connectivity index (χ1v) is 11.3. The smallest absolute Gasteiger partial charge is 0.340 e. The maximum Gasteiger partial charge on any atom is 0.340 e. The fourth-order valence-corrected chi connectivity index (χ4v) is 4.91. The largest absolute Gasteiger partial charge is 0.440 e. The summed E-state index contributed by atoms with van der Waals surface area (Å²) in [6.07, 6.45) is 2.57. The molecule has 6 nitrogen and oxygen atoms in total. The van der Waals surface area contributed by atoms with E-state index in [-0.39, 0.29) is 5.41 Å². The van der Waals surface area contributed by atoms with Crippen LogP contribution in [0.15, 0.2) is 48.5 Å². The molecule has 1 aromatic heterocycles. The lowest BCUT2D eigenvalue weighted by atomic mass is 9.70. The van der Waals surface area contributed by atoms with Crippen molar-refractivity contribution in [3.63, 3.8) is 0 Å². The molecule has 0 spiro atoms. The zero-order valence-electron chi connectivity index (χ0n) is 19.1. The average Bonchev–Trinajstić information content (AvgIpc) is 3.04. The number of para-hydroxylation sites is 1. The van der Waals surface area contributed by atoms with Crippen LogP contribution in [0.4, 0.5) is 0 Å². The molecule has 3 aromatic rings. The van der Waals surface area contributed by atoms with Gasteiger partial charge < -0.3 is 4.74 Å². The second kappa shape index (κ2) is 7.80. The molecule has 1 aliphatic heterocycles. The van der Waals surface area contributed by atoms with E-state index in [1.165, 1.54) is 0 Å². The van der Waals surface area contributed by atoms with E-state index in [1.807, 2.05) is 24.3 Å². The number of ether oxygens (including phenoxy) is 1. The van der Waals surface area contributed by atoms with E-state index >= 15 is 0 Å².